The highest BCUT2D eigenvalue weighted by molar-refractivity contribution is 5.34. The molecule has 14 heavy (non-hydrogen) atoms. The van der Waals surface area contributed by atoms with Crippen LogP contribution in [0.4, 0.5) is 0 Å². The predicted octanol–water partition coefficient (Wildman–Crippen LogP) is 2.36. The fraction of sp³-hybridized carbons (Fsp3) is 0.0833. The van der Waals surface area contributed by atoms with Gasteiger partial charge in [0.1, 0.15) is 12.1 Å². The topological polar surface area (TPSA) is 47.6 Å². The number of nitrogens with zero attached hydrogens (tertiary/aromatic N) is 2. The molecule has 1 rings (SSSR count). The first-order valence-corrected chi connectivity index (χ1v) is 4.16. The molecule has 0 radical (unpaired) electrons. The summed E-state index contributed by atoms with van der Waals surface area (Å²) >= 11 is 0. The summed E-state index contributed by atoms with van der Waals surface area (Å²) in [6.45, 7) is 0. The van der Waals surface area contributed by atoms with Gasteiger partial charge in [-0.15, -0.1) is 0 Å². The van der Waals surface area contributed by atoms with E-state index in [0.717, 1.165) is 5.56 Å². The zero-order valence-corrected chi connectivity index (χ0v) is 7.57. The third-order valence-corrected chi connectivity index (χ3v) is 1.65. The van der Waals surface area contributed by atoms with E-state index in [-0.39, 0.29) is 5.57 Å². The minimum atomic E-state index is 0.0148. The molecule has 0 aromatic heterocycles. The smallest absolute Gasteiger partial charge is 0.171 e. The second-order valence-corrected chi connectivity index (χ2v) is 2.64. The average molecular weight is 180 g/mol. The zero-order valence-electron chi connectivity index (χ0n) is 7.57. The normalized spacial score (nSPS) is 7.86. The van der Waals surface area contributed by atoms with Crippen LogP contribution in [0, 0.1) is 22.7 Å². The van der Waals surface area contributed by atoms with Gasteiger partial charge in [0.2, 0.25) is 0 Å². The van der Waals surface area contributed by atoms with E-state index in [2.05, 4.69) is 5.73 Å². The van der Waals surface area contributed by atoms with Gasteiger partial charge in [0.15, 0.2) is 5.57 Å². The highest BCUT2D eigenvalue weighted by Crippen LogP contribution is 1.99. The Morgan fingerprint density at radius 1 is 1.14 bits per heavy atom. The van der Waals surface area contributed by atoms with Gasteiger partial charge < -0.3 is 0 Å². The molecule has 0 fully saturated rings. The molecular weight excluding hydrogens is 172 g/mol. The van der Waals surface area contributed by atoms with Crippen LogP contribution in [0.5, 0.6) is 0 Å². The molecule has 0 spiro atoms. The molecule has 2 nitrogen and oxygen atoms in total. The molecular formula is C12H8N2. The Morgan fingerprint density at radius 2 is 1.79 bits per heavy atom. The molecule has 0 saturated carbocycles. The van der Waals surface area contributed by atoms with E-state index in [1.807, 2.05) is 30.3 Å². The molecule has 0 aliphatic carbocycles. The van der Waals surface area contributed by atoms with Crippen LogP contribution in [0.25, 0.3) is 0 Å². The summed E-state index contributed by atoms with van der Waals surface area (Å²) in [5.74, 6) is 0. The molecule has 66 valence electrons. The van der Waals surface area contributed by atoms with Crippen molar-refractivity contribution >= 4 is 0 Å². The van der Waals surface area contributed by atoms with E-state index in [1.165, 1.54) is 0 Å². The Bertz CT molecular complexity index is 421. The van der Waals surface area contributed by atoms with Crippen LogP contribution in [0.1, 0.15) is 5.56 Å². The first kappa shape index (κ1) is 9.81. The van der Waals surface area contributed by atoms with Gasteiger partial charge in [0.25, 0.3) is 0 Å². The van der Waals surface area contributed by atoms with Gasteiger partial charge in [-0.3, -0.25) is 0 Å². The molecule has 0 saturated heterocycles. The standard InChI is InChI=1S/C12H8N2/c13-9-12(10-14)8-4-7-11-5-2-1-3-6-11/h1-6H,7H2. The van der Waals surface area contributed by atoms with Gasteiger partial charge in [0, 0.05) is 0 Å². The van der Waals surface area contributed by atoms with Crippen molar-refractivity contribution in [2.45, 2.75) is 6.42 Å². The summed E-state index contributed by atoms with van der Waals surface area (Å²) in [4.78, 5) is 0. The summed E-state index contributed by atoms with van der Waals surface area (Å²) in [7, 11) is 0. The lowest BCUT2D eigenvalue weighted by atomic mass is 10.1. The number of hydrogen-bond donors (Lipinski definition) is 0. The predicted molar refractivity (Wildman–Crippen MR) is 53.0 cm³/mol. The van der Waals surface area contributed by atoms with Gasteiger partial charge in [-0.25, -0.2) is 0 Å². The van der Waals surface area contributed by atoms with Crippen molar-refractivity contribution in [3.63, 3.8) is 0 Å². The fourth-order valence-corrected chi connectivity index (χ4v) is 0.975. The van der Waals surface area contributed by atoms with Crippen molar-refractivity contribution in [3.05, 3.63) is 53.3 Å². The largest absolute Gasteiger partial charge is 0.191 e. The third-order valence-electron chi connectivity index (χ3n) is 1.65. The van der Waals surface area contributed by atoms with Crippen molar-refractivity contribution in [2.24, 2.45) is 0 Å². The Kier molecular flexibility index (Phi) is 3.77. The lowest BCUT2D eigenvalue weighted by molar-refractivity contribution is 1.27. The number of benzene rings is 1. The number of nitriles is 2. The van der Waals surface area contributed by atoms with Gasteiger partial charge in [0.05, 0.1) is 0 Å². The third kappa shape index (κ3) is 2.99. The molecule has 2 heteroatoms. The Hall–Kier alpha value is -2.28. The average Bonchev–Trinajstić information content (AvgIpc) is 2.26. The minimum absolute atomic E-state index is 0.0148. The zero-order chi connectivity index (χ0) is 10.2. The van der Waals surface area contributed by atoms with Crippen molar-refractivity contribution in [2.75, 3.05) is 0 Å². The molecule has 1 aromatic carbocycles. The van der Waals surface area contributed by atoms with Crippen molar-refractivity contribution in [1.29, 1.82) is 10.5 Å². The first-order valence-electron chi connectivity index (χ1n) is 4.16. The summed E-state index contributed by atoms with van der Waals surface area (Å²) in [5, 5.41) is 16.9. The fourth-order valence-electron chi connectivity index (χ4n) is 0.975. The summed E-state index contributed by atoms with van der Waals surface area (Å²) in [6.07, 6.45) is 2.38. The first-order chi connectivity index (χ1) is 6.86. The van der Waals surface area contributed by atoms with E-state index in [1.54, 1.807) is 18.2 Å². The number of hydrogen-bond acceptors (Lipinski definition) is 2. The van der Waals surface area contributed by atoms with Crippen LogP contribution in [0.2, 0.25) is 0 Å². The van der Waals surface area contributed by atoms with Crippen LogP contribution in [0.15, 0.2) is 47.7 Å². The van der Waals surface area contributed by atoms with Crippen LogP contribution in [-0.2, 0) is 6.42 Å². The second kappa shape index (κ2) is 5.38. The van der Waals surface area contributed by atoms with Crippen molar-refractivity contribution in [1.82, 2.24) is 0 Å². The molecule has 0 heterocycles. The molecule has 0 aliphatic heterocycles. The number of rotatable bonds is 2. The summed E-state index contributed by atoms with van der Waals surface area (Å²) in [6, 6.07) is 13.3. The Labute approximate surface area is 83.0 Å². The highest BCUT2D eigenvalue weighted by Gasteiger charge is 1.87. The molecule has 0 atom stereocenters. The van der Waals surface area contributed by atoms with E-state index in [9.17, 15) is 0 Å². The molecule has 0 unspecified atom stereocenters. The maximum absolute atomic E-state index is 8.43. The summed E-state index contributed by atoms with van der Waals surface area (Å²) < 4.78 is 0. The quantitative estimate of drug-likeness (QED) is 0.518. The van der Waals surface area contributed by atoms with Gasteiger partial charge in [-0.05, 0) is 18.1 Å². The summed E-state index contributed by atoms with van der Waals surface area (Å²) in [5.41, 5.74) is 3.79. The van der Waals surface area contributed by atoms with Crippen molar-refractivity contribution in [3.8, 4) is 12.1 Å². The van der Waals surface area contributed by atoms with Crippen molar-refractivity contribution < 1.29 is 0 Å². The molecule has 0 bridgehead atoms. The number of allylic oxidation sites excluding steroid dienone is 1. The van der Waals surface area contributed by atoms with E-state index < -0.39 is 0 Å². The maximum Gasteiger partial charge on any atom is 0.171 e. The van der Waals surface area contributed by atoms with Crippen LogP contribution in [0.3, 0.4) is 0 Å². The van der Waals surface area contributed by atoms with Crippen LogP contribution >= 0.6 is 0 Å². The van der Waals surface area contributed by atoms with Crippen LogP contribution in [-0.4, -0.2) is 0 Å². The second-order valence-electron chi connectivity index (χ2n) is 2.64. The highest BCUT2D eigenvalue weighted by atomic mass is 14.3. The van der Waals surface area contributed by atoms with Gasteiger partial charge in [-0.1, -0.05) is 36.1 Å². The lowest BCUT2D eigenvalue weighted by Gasteiger charge is -1.91. The maximum atomic E-state index is 8.43. The van der Waals surface area contributed by atoms with Gasteiger partial charge >= 0.3 is 0 Å². The SMILES string of the molecule is N#CC(=C=CCc1ccccc1)C#N. The van der Waals surface area contributed by atoms with E-state index in [4.69, 9.17) is 10.5 Å². The van der Waals surface area contributed by atoms with Crippen LogP contribution < -0.4 is 0 Å². The molecule has 0 amide bonds. The molecule has 0 aliphatic rings. The monoisotopic (exact) mass is 180 g/mol. The van der Waals surface area contributed by atoms with Gasteiger partial charge in [-0.2, -0.15) is 10.5 Å². The van der Waals surface area contributed by atoms with E-state index in [0.29, 0.717) is 6.42 Å². The Balaban J connectivity index is 2.72. The molecule has 0 N–H and O–H groups in total. The van der Waals surface area contributed by atoms with E-state index >= 15 is 0 Å². The Morgan fingerprint density at radius 3 is 2.36 bits per heavy atom. The minimum Gasteiger partial charge on any atom is -0.191 e. The lowest BCUT2D eigenvalue weighted by Crippen LogP contribution is -1.77. The molecule has 1 aromatic rings.